The molecule has 1 heterocycles. The molecule has 10 heteroatoms. The van der Waals surface area contributed by atoms with Crippen LogP contribution in [0.2, 0.25) is 5.02 Å². The van der Waals surface area contributed by atoms with E-state index >= 15 is 0 Å². The zero-order chi connectivity index (χ0) is 24.4. The van der Waals surface area contributed by atoms with Gasteiger partial charge in [-0.25, -0.2) is 4.79 Å². The summed E-state index contributed by atoms with van der Waals surface area (Å²) in [6, 6.07) is 7.37. The van der Waals surface area contributed by atoms with Crippen LogP contribution in [0, 0.1) is 13.8 Å². The second-order valence-electron chi connectivity index (χ2n) is 9.59. The molecule has 0 saturated heterocycles. The van der Waals surface area contributed by atoms with Crippen LogP contribution in [0.4, 0.5) is 10.5 Å². The first-order chi connectivity index (χ1) is 15.4. The zero-order valence-electron chi connectivity index (χ0n) is 19.6. The molecule has 1 unspecified atom stereocenters. The maximum Gasteiger partial charge on any atom is 0.407 e. The van der Waals surface area contributed by atoms with Gasteiger partial charge in [0.05, 0.1) is 0 Å². The van der Waals surface area contributed by atoms with Gasteiger partial charge < -0.3 is 19.1 Å². The number of nitrogens with one attached hydrogen (secondary N) is 1. The number of hydrogen-bond donors (Lipinski definition) is 1. The smallest absolute Gasteiger partial charge is 0.407 e. The fourth-order valence-corrected chi connectivity index (χ4v) is 5.56. The first kappa shape index (κ1) is 25.5. The Kier molecular flexibility index (Phi) is 7.76. The lowest BCUT2D eigenvalue weighted by molar-refractivity contribution is 0.0507. The van der Waals surface area contributed by atoms with Crippen molar-refractivity contribution in [3.05, 3.63) is 46.3 Å². The Labute approximate surface area is 202 Å². The zero-order valence-corrected chi connectivity index (χ0v) is 21.2. The van der Waals surface area contributed by atoms with Crippen LogP contribution in [0.25, 0.3) is 0 Å². The number of amides is 1. The second-order valence-corrected chi connectivity index (χ2v) is 10.9. The van der Waals surface area contributed by atoms with Gasteiger partial charge >= 0.3 is 6.09 Å². The molecule has 33 heavy (non-hydrogen) atoms. The highest BCUT2D eigenvalue weighted by Gasteiger charge is 2.40. The molecular formula is C23H31ClN3O5S-. The van der Waals surface area contributed by atoms with Crippen molar-refractivity contribution in [3.8, 4) is 0 Å². The van der Waals surface area contributed by atoms with Gasteiger partial charge in [-0.05, 0) is 78.0 Å². The summed E-state index contributed by atoms with van der Waals surface area (Å²) in [5.41, 5.74) is 1.05. The van der Waals surface area contributed by atoms with E-state index in [1.807, 2.05) is 45.0 Å². The minimum absolute atomic E-state index is 0.242. The number of carbonyl (C=O) groups is 1. The van der Waals surface area contributed by atoms with Gasteiger partial charge in [-0.1, -0.05) is 28.9 Å². The first-order valence-corrected chi connectivity index (χ1v) is 12.4. The minimum Gasteiger partial charge on any atom is -0.755 e. The van der Waals surface area contributed by atoms with Crippen LogP contribution < -0.4 is 9.62 Å². The third-order valence-electron chi connectivity index (χ3n) is 6.03. The van der Waals surface area contributed by atoms with Gasteiger partial charge in [0.1, 0.15) is 17.0 Å². The van der Waals surface area contributed by atoms with Gasteiger partial charge in [0, 0.05) is 34.3 Å². The summed E-state index contributed by atoms with van der Waals surface area (Å²) in [5, 5.41) is 7.44. The number of aromatic nitrogens is 1. The molecule has 1 aromatic heterocycles. The second kappa shape index (κ2) is 10.0. The van der Waals surface area contributed by atoms with Crippen LogP contribution in [0.15, 0.2) is 28.8 Å². The van der Waals surface area contributed by atoms with Crippen LogP contribution in [0.3, 0.4) is 0 Å². The van der Waals surface area contributed by atoms with E-state index in [2.05, 4.69) is 10.5 Å². The van der Waals surface area contributed by atoms with Gasteiger partial charge in [-0.3, -0.25) is 8.51 Å². The topological polar surface area (TPSA) is 108 Å². The Hall–Kier alpha value is -2.10. The molecule has 1 N–H and O–H groups in total. The molecule has 2 aromatic rings. The molecule has 1 aliphatic rings. The Balaban J connectivity index is 1.84. The van der Waals surface area contributed by atoms with Crippen molar-refractivity contribution < 1.29 is 22.8 Å². The number of ether oxygens (including phenoxy) is 1. The summed E-state index contributed by atoms with van der Waals surface area (Å²) in [5.74, 6) is 0.468. The van der Waals surface area contributed by atoms with E-state index in [9.17, 15) is 13.6 Å². The molecule has 0 aliphatic heterocycles. The highest BCUT2D eigenvalue weighted by molar-refractivity contribution is 7.80. The Bertz CT molecular complexity index is 992. The van der Waals surface area contributed by atoms with Crippen LogP contribution in [0.5, 0.6) is 0 Å². The lowest BCUT2D eigenvalue weighted by Gasteiger charge is -2.44. The number of halogens is 1. The third kappa shape index (κ3) is 6.07. The molecule has 1 atom stereocenters. The number of anilines is 1. The van der Waals surface area contributed by atoms with Crippen molar-refractivity contribution >= 4 is 34.6 Å². The number of alkyl carbamates (subject to hydrolysis) is 1. The molecular weight excluding hydrogens is 466 g/mol. The molecule has 182 valence electrons. The highest BCUT2D eigenvalue weighted by Crippen LogP contribution is 2.43. The third-order valence-corrected chi connectivity index (χ3v) is 7.06. The van der Waals surface area contributed by atoms with Crippen molar-refractivity contribution in [2.75, 3.05) is 10.8 Å². The molecule has 0 bridgehead atoms. The predicted molar refractivity (Wildman–Crippen MR) is 127 cm³/mol. The number of carbonyl (C=O) groups excluding carboxylic acids is 1. The molecule has 0 radical (unpaired) electrons. The molecule has 1 aliphatic carbocycles. The minimum atomic E-state index is -2.47. The molecule has 1 saturated carbocycles. The predicted octanol–water partition coefficient (Wildman–Crippen LogP) is 4.95. The van der Waals surface area contributed by atoms with Crippen LogP contribution in [-0.2, 0) is 21.4 Å². The summed E-state index contributed by atoms with van der Waals surface area (Å²) in [6.07, 6.45) is 2.03. The summed E-state index contributed by atoms with van der Waals surface area (Å²) < 4.78 is 36.4. The van der Waals surface area contributed by atoms with Gasteiger partial charge in [0.25, 0.3) is 0 Å². The summed E-state index contributed by atoms with van der Waals surface area (Å²) in [6.45, 7) is 9.25. The average Bonchev–Trinajstić information content (AvgIpc) is 3.05. The quantitative estimate of drug-likeness (QED) is 0.567. The summed E-state index contributed by atoms with van der Waals surface area (Å²) in [7, 11) is 0. The SMILES string of the molecule is Cc1noc(C)c1N(C1CCC(CNC(=O)OC(C)(C)C)(c2cccc(Cl)c2)CC1)S(=O)[O-]. The van der Waals surface area contributed by atoms with Gasteiger partial charge in [-0.2, -0.15) is 0 Å². The van der Waals surface area contributed by atoms with E-state index in [0.717, 1.165) is 5.56 Å². The molecule has 1 amide bonds. The monoisotopic (exact) mass is 496 g/mol. The normalized spacial score (nSPS) is 22.0. The Morgan fingerprint density at radius 2 is 2.03 bits per heavy atom. The van der Waals surface area contributed by atoms with Crippen molar-refractivity contribution in [2.24, 2.45) is 0 Å². The van der Waals surface area contributed by atoms with Crippen molar-refractivity contribution in [2.45, 2.75) is 77.4 Å². The fourth-order valence-electron chi connectivity index (χ4n) is 4.50. The van der Waals surface area contributed by atoms with Crippen molar-refractivity contribution in [1.29, 1.82) is 0 Å². The number of rotatable bonds is 6. The van der Waals surface area contributed by atoms with E-state index in [0.29, 0.717) is 54.4 Å². The van der Waals surface area contributed by atoms with Gasteiger partial charge in [0.2, 0.25) is 0 Å². The summed E-state index contributed by atoms with van der Waals surface area (Å²) >= 11 is 3.81. The molecule has 0 spiro atoms. The maximum absolute atomic E-state index is 12.4. The summed E-state index contributed by atoms with van der Waals surface area (Å²) in [4.78, 5) is 12.4. The lowest BCUT2D eigenvalue weighted by atomic mass is 9.68. The maximum atomic E-state index is 12.4. The Morgan fingerprint density at radius 1 is 1.36 bits per heavy atom. The molecule has 8 nitrogen and oxygen atoms in total. The molecule has 1 aromatic carbocycles. The molecule has 1 fully saturated rings. The number of nitrogens with zero attached hydrogens (tertiary/aromatic N) is 2. The van der Waals surface area contributed by atoms with E-state index < -0.39 is 28.4 Å². The van der Waals surface area contributed by atoms with E-state index in [4.69, 9.17) is 20.9 Å². The largest absolute Gasteiger partial charge is 0.755 e. The van der Waals surface area contributed by atoms with Crippen molar-refractivity contribution in [1.82, 2.24) is 10.5 Å². The number of hydrogen-bond acceptors (Lipinski definition) is 6. The van der Waals surface area contributed by atoms with E-state index in [1.54, 1.807) is 13.8 Å². The van der Waals surface area contributed by atoms with Crippen LogP contribution in [0.1, 0.15) is 63.5 Å². The van der Waals surface area contributed by atoms with E-state index in [1.165, 1.54) is 4.31 Å². The van der Waals surface area contributed by atoms with Crippen LogP contribution >= 0.6 is 11.6 Å². The van der Waals surface area contributed by atoms with Gasteiger partial charge in [0.15, 0.2) is 5.76 Å². The molecule has 3 rings (SSSR count). The lowest BCUT2D eigenvalue weighted by Crippen LogP contribution is -2.48. The van der Waals surface area contributed by atoms with E-state index in [-0.39, 0.29) is 6.04 Å². The fraction of sp³-hybridized carbons (Fsp3) is 0.565. The Morgan fingerprint density at radius 3 is 2.55 bits per heavy atom. The average molecular weight is 497 g/mol. The standard InChI is InChI=1S/C23H32ClN3O5S/c1-15-20(16(2)32-26-15)27(33(29)30)19-9-11-23(12-10-19,17-7-6-8-18(24)13-17)14-25-21(28)31-22(3,4)5/h6-8,13,19H,9-12,14H2,1-5H3,(H,25,28)(H,29,30)/p-1. The van der Waals surface area contributed by atoms with Crippen LogP contribution in [-0.4, -0.2) is 38.2 Å². The number of aryl methyl sites for hydroxylation is 2. The first-order valence-electron chi connectivity index (χ1n) is 11.0. The number of benzene rings is 1. The highest BCUT2D eigenvalue weighted by atomic mass is 35.5. The van der Waals surface area contributed by atoms with Gasteiger partial charge in [-0.15, -0.1) is 0 Å². The van der Waals surface area contributed by atoms with Crippen molar-refractivity contribution in [3.63, 3.8) is 0 Å².